The van der Waals surface area contributed by atoms with Gasteiger partial charge in [-0.05, 0) is 6.42 Å². The van der Waals surface area contributed by atoms with Gasteiger partial charge in [0.25, 0.3) is 0 Å². The van der Waals surface area contributed by atoms with Crippen molar-refractivity contribution in [3.63, 3.8) is 0 Å². The summed E-state index contributed by atoms with van der Waals surface area (Å²) in [5.41, 5.74) is 0. The van der Waals surface area contributed by atoms with Crippen LogP contribution < -0.4 is 0 Å². The van der Waals surface area contributed by atoms with Crippen molar-refractivity contribution in [1.82, 2.24) is 0 Å². The average molecular weight is 191 g/mol. The van der Waals surface area contributed by atoms with E-state index in [9.17, 15) is 12.6 Å². The highest BCUT2D eigenvalue weighted by Crippen LogP contribution is 2.48. The van der Waals surface area contributed by atoms with Crippen molar-refractivity contribution >= 4 is 16.7 Å². The van der Waals surface area contributed by atoms with Crippen LogP contribution in [-0.4, -0.2) is 6.16 Å². The van der Waals surface area contributed by atoms with E-state index in [-0.39, 0.29) is 6.16 Å². The molecule has 0 heterocycles. The molecule has 1 atom stereocenters. The van der Waals surface area contributed by atoms with E-state index in [0.717, 1.165) is 6.42 Å². The topological polar surface area (TPSA) is 12.4 Å². The summed E-state index contributed by atoms with van der Waals surface area (Å²) >= 11 is 0. The van der Waals surface area contributed by atoms with Crippen molar-refractivity contribution in [1.29, 1.82) is 0 Å². The molecule has 0 saturated heterocycles. The van der Waals surface area contributed by atoms with Crippen molar-refractivity contribution in [2.24, 2.45) is 4.52 Å². The quantitative estimate of drug-likeness (QED) is 0.589. The fraction of sp³-hybridized carbons (Fsp3) is 1.00. The third-order valence-corrected chi connectivity index (χ3v) is 3.16. The third kappa shape index (κ3) is 6.57. The summed E-state index contributed by atoms with van der Waals surface area (Å²) in [4.78, 5) is 0. The Morgan fingerprint density at radius 1 is 1.50 bits per heavy atom. The molecule has 0 fully saturated rings. The van der Waals surface area contributed by atoms with Crippen molar-refractivity contribution in [2.45, 2.75) is 19.8 Å². The number of halogens is 3. The van der Waals surface area contributed by atoms with Gasteiger partial charge in [0.1, 0.15) is 8.02 Å². The van der Waals surface area contributed by atoms with Crippen molar-refractivity contribution in [3.8, 4) is 0 Å². The van der Waals surface area contributed by atoms with Crippen molar-refractivity contribution in [2.75, 3.05) is 6.16 Å². The molecule has 0 amide bonds. The molecule has 0 aromatic heterocycles. The fourth-order valence-corrected chi connectivity index (χ4v) is 2.16. The molecule has 0 bridgehead atoms. The Morgan fingerprint density at radius 2 is 2.10 bits per heavy atom. The van der Waals surface area contributed by atoms with Gasteiger partial charge in [-0.15, -0.1) is 0 Å². The van der Waals surface area contributed by atoms with E-state index in [1.54, 1.807) is 0 Å². The maximum absolute atomic E-state index is 12.3. The minimum absolute atomic E-state index is 0.230. The number of hydrogen-bond donors (Lipinski definition) is 0. The zero-order valence-electron chi connectivity index (χ0n) is 5.65. The summed E-state index contributed by atoms with van der Waals surface area (Å²) in [7, 11) is -5.91. The minimum atomic E-state index is -3.36. The average Bonchev–Trinajstić information content (AvgIpc) is 1.82. The molecule has 6 heteroatoms. The lowest BCUT2D eigenvalue weighted by atomic mass is 10.4. The fourth-order valence-electron chi connectivity index (χ4n) is 0.455. The summed E-state index contributed by atoms with van der Waals surface area (Å²) in [6.45, 7) is 1.89. The lowest BCUT2D eigenvalue weighted by molar-refractivity contribution is 0.746. The Bertz CT molecular complexity index is 117. The molecule has 0 rings (SSSR count). The highest BCUT2D eigenvalue weighted by molar-refractivity contribution is 7.55. The molecule has 0 radical (unpaired) electrons. The Balaban J connectivity index is 3.49. The van der Waals surface area contributed by atoms with Crippen LogP contribution in [0.15, 0.2) is 4.52 Å². The van der Waals surface area contributed by atoms with Gasteiger partial charge in [0, 0.05) is 6.16 Å². The second-order valence-corrected chi connectivity index (χ2v) is 4.28. The van der Waals surface area contributed by atoms with Crippen LogP contribution in [0.4, 0.5) is 12.6 Å². The minimum Gasteiger partial charge on any atom is -0.213 e. The van der Waals surface area contributed by atoms with E-state index in [2.05, 4.69) is 4.52 Å². The molecule has 0 saturated carbocycles. The van der Waals surface area contributed by atoms with Gasteiger partial charge in [-0.1, -0.05) is 13.3 Å². The number of hydrogen-bond acceptors (Lipinski definition) is 1. The monoisotopic (exact) mass is 191 g/mol. The standard InChI is InChI=1S/C4H10F3NP2/c1-2-3-4-9(5)8-10(6)7/h9H,2-4H2,1H3. The molecule has 0 aromatic rings. The van der Waals surface area contributed by atoms with Crippen LogP contribution in [-0.2, 0) is 0 Å². The lowest BCUT2D eigenvalue weighted by Gasteiger charge is -1.93. The molecule has 0 aliphatic rings. The Kier molecular flexibility index (Phi) is 6.46. The van der Waals surface area contributed by atoms with Gasteiger partial charge in [0.05, 0.1) is 0 Å². The van der Waals surface area contributed by atoms with Gasteiger partial charge in [0.15, 0.2) is 0 Å². The predicted molar refractivity (Wildman–Crippen MR) is 40.8 cm³/mol. The maximum Gasteiger partial charge on any atom is 0.393 e. The first-order chi connectivity index (χ1) is 4.66. The molecule has 0 aliphatic heterocycles. The maximum atomic E-state index is 12.3. The molecule has 1 nitrogen and oxygen atoms in total. The molecule has 0 aromatic carbocycles. The number of nitrogens with zero attached hydrogens (tertiary/aromatic N) is 1. The van der Waals surface area contributed by atoms with E-state index >= 15 is 0 Å². The second kappa shape index (κ2) is 6.18. The molecule has 0 N–H and O–H groups in total. The van der Waals surface area contributed by atoms with Crippen LogP contribution in [0.3, 0.4) is 0 Å². The van der Waals surface area contributed by atoms with E-state index in [0.29, 0.717) is 6.42 Å². The number of rotatable bonds is 4. The molecule has 0 aliphatic carbocycles. The van der Waals surface area contributed by atoms with Crippen LogP contribution in [0, 0.1) is 0 Å². The summed E-state index contributed by atoms with van der Waals surface area (Å²) in [5, 5.41) is 0. The molecular weight excluding hydrogens is 181 g/mol. The SMILES string of the molecule is CCCC/[PH](F)=N\P(F)F. The van der Waals surface area contributed by atoms with Gasteiger partial charge in [-0.25, -0.2) is 4.20 Å². The smallest absolute Gasteiger partial charge is 0.213 e. The van der Waals surface area contributed by atoms with E-state index in [1.165, 1.54) is 0 Å². The van der Waals surface area contributed by atoms with E-state index in [4.69, 9.17) is 0 Å². The molecule has 10 heavy (non-hydrogen) atoms. The van der Waals surface area contributed by atoms with E-state index < -0.39 is 16.7 Å². The Labute approximate surface area is 60.7 Å². The van der Waals surface area contributed by atoms with Crippen LogP contribution in [0.25, 0.3) is 0 Å². The first-order valence-corrected chi connectivity index (χ1v) is 5.62. The lowest BCUT2D eigenvalue weighted by Crippen LogP contribution is -1.71. The largest absolute Gasteiger partial charge is 0.393 e. The van der Waals surface area contributed by atoms with Crippen LogP contribution in [0.1, 0.15) is 19.8 Å². The highest BCUT2D eigenvalue weighted by atomic mass is 31.2. The van der Waals surface area contributed by atoms with Crippen molar-refractivity contribution in [3.05, 3.63) is 0 Å². The van der Waals surface area contributed by atoms with Gasteiger partial charge in [0.2, 0.25) is 0 Å². The molecule has 0 spiro atoms. The Morgan fingerprint density at radius 3 is 2.50 bits per heavy atom. The summed E-state index contributed by atoms with van der Waals surface area (Å²) in [6.07, 6.45) is 1.73. The second-order valence-electron chi connectivity index (χ2n) is 1.79. The van der Waals surface area contributed by atoms with Crippen LogP contribution in [0.2, 0.25) is 0 Å². The van der Waals surface area contributed by atoms with Gasteiger partial charge in [-0.3, -0.25) is 0 Å². The summed E-state index contributed by atoms with van der Waals surface area (Å²) in [5.74, 6) is 0. The zero-order chi connectivity index (χ0) is 7.98. The van der Waals surface area contributed by atoms with Crippen molar-refractivity contribution < 1.29 is 12.6 Å². The van der Waals surface area contributed by atoms with Crippen LogP contribution >= 0.6 is 16.7 Å². The molecular formula is C4H10F3NP2. The van der Waals surface area contributed by atoms with E-state index in [1.807, 2.05) is 6.92 Å². The highest BCUT2D eigenvalue weighted by Gasteiger charge is 2.01. The van der Waals surface area contributed by atoms with Gasteiger partial charge >= 0.3 is 8.69 Å². The van der Waals surface area contributed by atoms with Crippen LogP contribution in [0.5, 0.6) is 0 Å². The number of unbranched alkanes of at least 4 members (excludes halogenated alkanes) is 1. The predicted octanol–water partition coefficient (Wildman–Crippen LogP) is 4.23. The zero-order valence-corrected chi connectivity index (χ0v) is 7.54. The Hall–Kier alpha value is 0.450. The van der Waals surface area contributed by atoms with Gasteiger partial charge in [-0.2, -0.15) is 12.9 Å². The first kappa shape index (κ1) is 10.4. The normalized spacial score (nSPS) is 14.5. The first-order valence-electron chi connectivity index (χ1n) is 3.01. The van der Waals surface area contributed by atoms with Gasteiger partial charge < -0.3 is 0 Å². The summed E-state index contributed by atoms with van der Waals surface area (Å²) in [6, 6.07) is 0. The summed E-state index contributed by atoms with van der Waals surface area (Å²) < 4.78 is 37.8. The third-order valence-electron chi connectivity index (χ3n) is 0.921. The molecule has 1 unspecified atom stereocenters. The molecule has 62 valence electrons.